The molecule has 11 nitrogen and oxygen atoms in total. The van der Waals surface area contributed by atoms with E-state index in [4.69, 9.17) is 18.9 Å². The van der Waals surface area contributed by atoms with Crippen LogP contribution in [0.25, 0.3) is 0 Å². The zero-order valence-electron chi connectivity index (χ0n) is 28.1. The largest absolute Gasteiger partial charge is 0.458 e. The number of nitrogens with one attached hydrogen (secondary N) is 1. The number of hydrogen-bond acceptors (Lipinski definition) is 10. The summed E-state index contributed by atoms with van der Waals surface area (Å²) in [6.45, 7) is 18.1. The predicted octanol–water partition coefficient (Wildman–Crippen LogP) is 3.66. The smallest absolute Gasteiger partial charge is 0.408 e. The van der Waals surface area contributed by atoms with Gasteiger partial charge >= 0.3 is 12.1 Å². The van der Waals surface area contributed by atoms with E-state index in [1.807, 2.05) is 39.8 Å². The van der Waals surface area contributed by atoms with E-state index in [0.717, 1.165) is 0 Å². The average molecular weight is 623 g/mol. The summed E-state index contributed by atoms with van der Waals surface area (Å²) in [5.74, 6) is -4.45. The Labute approximate surface area is 262 Å². The zero-order chi connectivity index (χ0) is 33.3. The molecule has 3 fully saturated rings. The maximum atomic E-state index is 14.1. The molecule has 1 amide bonds. The van der Waals surface area contributed by atoms with Crippen molar-refractivity contribution >= 4 is 23.6 Å². The third-order valence-corrected chi connectivity index (χ3v) is 10.2. The fourth-order valence-corrected chi connectivity index (χ4v) is 7.70. The van der Waals surface area contributed by atoms with Crippen LogP contribution in [0.5, 0.6) is 0 Å². The van der Waals surface area contributed by atoms with Crippen molar-refractivity contribution in [1.29, 1.82) is 0 Å². The molecule has 250 valence electrons. The van der Waals surface area contributed by atoms with Crippen LogP contribution in [0, 0.1) is 29.1 Å². The summed E-state index contributed by atoms with van der Waals surface area (Å²) < 4.78 is 24.3. The molecule has 0 saturated carbocycles. The Morgan fingerprint density at radius 2 is 1.70 bits per heavy atom. The highest BCUT2D eigenvalue weighted by atomic mass is 16.7. The van der Waals surface area contributed by atoms with Crippen LogP contribution >= 0.6 is 0 Å². The van der Waals surface area contributed by atoms with Crippen LogP contribution in [0.3, 0.4) is 0 Å². The van der Waals surface area contributed by atoms with Gasteiger partial charge in [0.1, 0.15) is 23.9 Å². The Bertz CT molecular complexity index is 1100. The van der Waals surface area contributed by atoms with Gasteiger partial charge in [0.05, 0.1) is 18.2 Å². The first-order valence-electron chi connectivity index (χ1n) is 16.0. The van der Waals surface area contributed by atoms with Crippen molar-refractivity contribution in [3.05, 3.63) is 12.7 Å². The number of carbonyl (C=O) groups is 4. The van der Waals surface area contributed by atoms with Crippen molar-refractivity contribution in [1.82, 2.24) is 10.2 Å². The molecule has 3 heterocycles. The van der Waals surface area contributed by atoms with Crippen LogP contribution in [-0.4, -0.2) is 96.1 Å². The highest BCUT2D eigenvalue weighted by Crippen LogP contribution is 2.44. The summed E-state index contributed by atoms with van der Waals surface area (Å²) in [4.78, 5) is 56.1. The normalized spacial score (nSPS) is 44.3. The van der Waals surface area contributed by atoms with Gasteiger partial charge in [0, 0.05) is 23.8 Å². The molecular weight excluding hydrogens is 568 g/mol. The average Bonchev–Trinajstić information content (AvgIpc) is 3.27. The van der Waals surface area contributed by atoms with Gasteiger partial charge in [-0.25, -0.2) is 4.79 Å². The van der Waals surface area contributed by atoms with Crippen LogP contribution in [0.2, 0.25) is 0 Å². The van der Waals surface area contributed by atoms with Gasteiger partial charge in [-0.1, -0.05) is 40.7 Å². The third kappa shape index (κ3) is 7.06. The molecular formula is C33H54N2O9. The van der Waals surface area contributed by atoms with E-state index in [1.54, 1.807) is 33.8 Å². The molecule has 3 aliphatic heterocycles. The first-order valence-corrected chi connectivity index (χ1v) is 16.0. The minimum Gasteiger partial charge on any atom is -0.458 e. The van der Waals surface area contributed by atoms with E-state index in [9.17, 15) is 24.3 Å². The van der Waals surface area contributed by atoms with Crippen LogP contribution in [0.15, 0.2) is 12.7 Å². The molecule has 3 saturated heterocycles. The summed E-state index contributed by atoms with van der Waals surface area (Å²) in [5, 5.41) is 14.1. The lowest BCUT2D eigenvalue weighted by atomic mass is 9.67. The number of allylic oxidation sites excluding steroid dienone is 1. The van der Waals surface area contributed by atoms with Gasteiger partial charge in [-0.3, -0.25) is 14.4 Å². The Kier molecular flexibility index (Phi) is 11.5. The van der Waals surface area contributed by atoms with Crippen molar-refractivity contribution in [3.8, 4) is 0 Å². The minimum atomic E-state index is -1.32. The summed E-state index contributed by atoms with van der Waals surface area (Å²) in [6, 6.07) is -0.998. The van der Waals surface area contributed by atoms with Crippen molar-refractivity contribution in [2.75, 3.05) is 14.1 Å². The van der Waals surface area contributed by atoms with Crippen molar-refractivity contribution in [2.24, 2.45) is 29.1 Å². The number of cyclic esters (lactones) is 1. The number of amides is 1. The minimum absolute atomic E-state index is 0.109. The molecule has 0 aromatic rings. The highest BCUT2D eigenvalue weighted by molar-refractivity contribution is 6.00. The number of nitrogens with zero attached hydrogens (tertiary/aromatic N) is 1. The number of likely N-dealkylation sites (N-methyl/N-ethyl adjacent to an activating group) is 1. The highest BCUT2D eigenvalue weighted by Gasteiger charge is 2.57. The lowest BCUT2D eigenvalue weighted by Crippen LogP contribution is -2.58. The van der Waals surface area contributed by atoms with E-state index in [0.29, 0.717) is 25.7 Å². The second kappa shape index (κ2) is 14.0. The summed E-state index contributed by atoms with van der Waals surface area (Å²) >= 11 is 0. The molecule has 3 rings (SSSR count). The number of aliphatic hydroxyl groups is 1. The molecule has 2 N–H and O–H groups in total. The van der Waals surface area contributed by atoms with E-state index in [2.05, 4.69) is 11.9 Å². The van der Waals surface area contributed by atoms with E-state index in [-0.39, 0.29) is 17.9 Å². The number of carbonyl (C=O) groups excluding carboxylic acids is 4. The molecule has 0 unspecified atom stereocenters. The van der Waals surface area contributed by atoms with E-state index >= 15 is 0 Å². The molecule has 0 aromatic heterocycles. The Morgan fingerprint density at radius 1 is 1.07 bits per heavy atom. The summed E-state index contributed by atoms with van der Waals surface area (Å²) in [5.41, 5.74) is -2.15. The molecule has 0 bridgehead atoms. The molecule has 3 aliphatic rings. The molecule has 13 atom stereocenters. The van der Waals surface area contributed by atoms with Gasteiger partial charge in [-0.2, -0.15) is 0 Å². The van der Waals surface area contributed by atoms with Gasteiger partial charge in [0.15, 0.2) is 17.7 Å². The zero-order valence-corrected chi connectivity index (χ0v) is 28.1. The molecule has 0 spiro atoms. The van der Waals surface area contributed by atoms with Gasteiger partial charge < -0.3 is 34.3 Å². The fraction of sp³-hybridized carbons (Fsp3) is 0.818. The van der Waals surface area contributed by atoms with Crippen molar-refractivity contribution in [2.45, 2.75) is 129 Å². The van der Waals surface area contributed by atoms with Gasteiger partial charge in [-0.05, 0) is 66.0 Å². The number of esters is 1. The molecule has 0 radical (unpaired) electrons. The van der Waals surface area contributed by atoms with Gasteiger partial charge in [0.25, 0.3) is 0 Å². The van der Waals surface area contributed by atoms with E-state index in [1.165, 1.54) is 6.92 Å². The Hall–Kier alpha value is -2.34. The number of ketones is 2. The SMILES string of the molecule is C=CC[C@@]1(C)C[C@@H](C)C(=O)[C@H](C)[C@H]2NC(=O)O[C@]2(C)[C@@H](CC)OC(=O)[C@H](C)C(=O)[C@H](C)[C@H]1O[C@@H]1O[C@H](C)C[C@H](N(C)C)[C@H]1O. The standard InChI is InChI=1S/C33H54N2O9/c1-12-14-32(8)16-17(3)24(36)19(5)27-33(9,44-31(40)34-27)23(13-2)42-29(39)21(7)25(37)20(6)28(32)43-30-26(38)22(35(10)11)15-18(4)41-30/h12,17-23,26-28,30,38H,1,13-16H2,2-11H3,(H,34,40)/t17-,18-,19+,20+,21-,22+,23-,26-,27-,28-,30+,32+,33-/m1/s1. The second-order valence-corrected chi connectivity index (χ2v) is 14.0. The van der Waals surface area contributed by atoms with Crippen LogP contribution in [-0.2, 0) is 33.3 Å². The maximum Gasteiger partial charge on any atom is 0.408 e. The number of hydrogen-bond donors (Lipinski definition) is 2. The number of fused-ring (bicyclic) bond motifs is 1. The fourth-order valence-electron chi connectivity index (χ4n) is 7.70. The summed E-state index contributed by atoms with van der Waals surface area (Å²) in [7, 11) is 3.76. The number of rotatable bonds is 6. The van der Waals surface area contributed by atoms with Crippen molar-refractivity contribution in [3.63, 3.8) is 0 Å². The van der Waals surface area contributed by atoms with Crippen molar-refractivity contribution < 1.29 is 43.2 Å². The quantitative estimate of drug-likeness (QED) is 0.256. The molecule has 44 heavy (non-hydrogen) atoms. The lowest BCUT2D eigenvalue weighted by Gasteiger charge is -2.47. The Morgan fingerprint density at radius 3 is 2.27 bits per heavy atom. The molecule has 11 heteroatoms. The number of alkyl carbamates (subject to hydrolysis) is 1. The second-order valence-electron chi connectivity index (χ2n) is 14.0. The predicted molar refractivity (Wildman–Crippen MR) is 163 cm³/mol. The van der Waals surface area contributed by atoms with Crippen LogP contribution in [0.4, 0.5) is 4.79 Å². The summed E-state index contributed by atoms with van der Waals surface area (Å²) in [6.07, 6.45) is -1.38. The van der Waals surface area contributed by atoms with E-state index < -0.39 is 83.2 Å². The lowest BCUT2D eigenvalue weighted by molar-refractivity contribution is -0.286. The third-order valence-electron chi connectivity index (χ3n) is 10.2. The van der Waals surface area contributed by atoms with Crippen LogP contribution in [0.1, 0.15) is 81.1 Å². The number of Topliss-reactive ketones (excluding diaryl/α,β-unsaturated/α-hetero) is 2. The first-order chi connectivity index (χ1) is 20.4. The number of ether oxygens (including phenoxy) is 4. The van der Waals surface area contributed by atoms with Gasteiger partial charge in [0.2, 0.25) is 0 Å². The topological polar surface area (TPSA) is 141 Å². The first kappa shape index (κ1) is 36.1. The molecule has 0 aromatic carbocycles. The maximum absolute atomic E-state index is 14.1. The Balaban J connectivity index is 2.12. The molecule has 0 aliphatic carbocycles. The monoisotopic (exact) mass is 622 g/mol. The number of aliphatic hydroxyl groups excluding tert-OH is 1. The van der Waals surface area contributed by atoms with Crippen LogP contribution < -0.4 is 5.32 Å². The van der Waals surface area contributed by atoms with Gasteiger partial charge in [-0.15, -0.1) is 6.58 Å².